The van der Waals surface area contributed by atoms with Gasteiger partial charge in [-0.1, -0.05) is 41.6 Å². The molecule has 1 aromatic heterocycles. The van der Waals surface area contributed by atoms with Crippen molar-refractivity contribution in [1.29, 1.82) is 0 Å². The maximum Gasteiger partial charge on any atom is 0.254 e. The number of carbonyl (C=O) groups is 1. The molecule has 0 aliphatic carbocycles. The maximum absolute atomic E-state index is 13.2. The molecule has 1 aliphatic heterocycles. The van der Waals surface area contributed by atoms with E-state index in [9.17, 15) is 4.79 Å². The lowest BCUT2D eigenvalue weighted by atomic mass is 10.0. The number of carbonyl (C=O) groups excluding carboxylic acids is 1. The monoisotopic (exact) mass is 390 g/mol. The van der Waals surface area contributed by atoms with Crippen molar-refractivity contribution >= 4 is 5.91 Å². The number of aryl methyl sites for hydroxylation is 2. The van der Waals surface area contributed by atoms with Crippen molar-refractivity contribution in [3.63, 3.8) is 0 Å². The molecule has 2 heterocycles. The SMILES string of the molecule is Cc1noc(C)c1COc1cccc(C(=O)N2CCCC2Cc2ccccc2)c1. The van der Waals surface area contributed by atoms with Gasteiger partial charge < -0.3 is 14.2 Å². The summed E-state index contributed by atoms with van der Waals surface area (Å²) in [5, 5.41) is 3.95. The summed E-state index contributed by atoms with van der Waals surface area (Å²) in [5.41, 5.74) is 3.72. The minimum Gasteiger partial charge on any atom is -0.489 e. The van der Waals surface area contributed by atoms with E-state index in [0.717, 1.165) is 42.8 Å². The average Bonchev–Trinajstić information content (AvgIpc) is 3.33. The Balaban J connectivity index is 1.45. The van der Waals surface area contributed by atoms with Gasteiger partial charge in [0.25, 0.3) is 5.91 Å². The maximum atomic E-state index is 13.2. The molecule has 4 rings (SSSR count). The molecule has 3 aromatic rings. The van der Waals surface area contributed by atoms with Crippen molar-refractivity contribution in [2.75, 3.05) is 6.54 Å². The summed E-state index contributed by atoms with van der Waals surface area (Å²) < 4.78 is 11.1. The van der Waals surface area contributed by atoms with E-state index in [1.165, 1.54) is 5.56 Å². The first-order chi connectivity index (χ1) is 14.1. The van der Waals surface area contributed by atoms with Crippen LogP contribution in [0.2, 0.25) is 0 Å². The van der Waals surface area contributed by atoms with Crippen molar-refractivity contribution in [2.45, 2.75) is 45.8 Å². The van der Waals surface area contributed by atoms with E-state index in [4.69, 9.17) is 9.26 Å². The number of ether oxygens (including phenoxy) is 1. The van der Waals surface area contributed by atoms with Crippen LogP contribution in [-0.2, 0) is 13.0 Å². The number of likely N-dealkylation sites (tertiary alicyclic amines) is 1. The van der Waals surface area contributed by atoms with Gasteiger partial charge in [0.05, 0.1) is 11.3 Å². The third kappa shape index (κ3) is 4.34. The van der Waals surface area contributed by atoms with Gasteiger partial charge in [-0.15, -0.1) is 0 Å². The minimum atomic E-state index is 0.0752. The van der Waals surface area contributed by atoms with Crippen LogP contribution >= 0.6 is 0 Å². The van der Waals surface area contributed by atoms with E-state index >= 15 is 0 Å². The van der Waals surface area contributed by atoms with Crippen LogP contribution in [-0.4, -0.2) is 28.6 Å². The quantitative estimate of drug-likeness (QED) is 0.611. The minimum absolute atomic E-state index is 0.0752. The van der Waals surface area contributed by atoms with E-state index in [0.29, 0.717) is 17.9 Å². The normalized spacial score (nSPS) is 16.2. The van der Waals surface area contributed by atoms with Gasteiger partial charge in [0.2, 0.25) is 0 Å². The molecule has 1 unspecified atom stereocenters. The van der Waals surface area contributed by atoms with Gasteiger partial charge in [0.15, 0.2) is 0 Å². The van der Waals surface area contributed by atoms with E-state index < -0.39 is 0 Å². The Morgan fingerprint density at radius 2 is 2.00 bits per heavy atom. The molecule has 1 atom stereocenters. The third-order valence-electron chi connectivity index (χ3n) is 5.60. The summed E-state index contributed by atoms with van der Waals surface area (Å²) in [6.07, 6.45) is 2.99. The van der Waals surface area contributed by atoms with Crippen LogP contribution in [0.5, 0.6) is 5.75 Å². The molecule has 0 spiro atoms. The van der Waals surface area contributed by atoms with Crippen LogP contribution in [0.4, 0.5) is 0 Å². The van der Waals surface area contributed by atoms with Crippen LogP contribution in [0.1, 0.15) is 45.8 Å². The Hall–Kier alpha value is -3.08. The molecule has 0 bridgehead atoms. The van der Waals surface area contributed by atoms with Gasteiger partial charge >= 0.3 is 0 Å². The first-order valence-corrected chi connectivity index (χ1v) is 10.1. The van der Waals surface area contributed by atoms with Crippen LogP contribution in [0.3, 0.4) is 0 Å². The standard InChI is InChI=1S/C24H26N2O3/c1-17-23(18(2)29-25-17)16-28-22-12-6-10-20(15-22)24(27)26-13-7-11-21(26)14-19-8-4-3-5-9-19/h3-6,8-10,12,15,21H,7,11,13-14,16H2,1-2H3. The molecule has 1 saturated heterocycles. The van der Waals surface area contributed by atoms with Gasteiger partial charge in [-0.3, -0.25) is 4.79 Å². The van der Waals surface area contributed by atoms with E-state index in [1.807, 2.05) is 49.1 Å². The zero-order valence-corrected chi connectivity index (χ0v) is 16.9. The Labute approximate surface area is 171 Å². The smallest absolute Gasteiger partial charge is 0.254 e. The van der Waals surface area contributed by atoms with Crippen molar-refractivity contribution < 1.29 is 14.1 Å². The summed E-state index contributed by atoms with van der Waals surface area (Å²) in [7, 11) is 0. The van der Waals surface area contributed by atoms with Gasteiger partial charge in [0, 0.05) is 18.2 Å². The summed E-state index contributed by atoms with van der Waals surface area (Å²) in [6, 6.07) is 18.1. The van der Waals surface area contributed by atoms with E-state index in [2.05, 4.69) is 29.4 Å². The van der Waals surface area contributed by atoms with Crippen molar-refractivity contribution in [1.82, 2.24) is 10.1 Å². The Morgan fingerprint density at radius 3 is 2.76 bits per heavy atom. The van der Waals surface area contributed by atoms with Gasteiger partial charge in [-0.05, 0) is 56.9 Å². The third-order valence-corrected chi connectivity index (χ3v) is 5.60. The molecule has 150 valence electrons. The molecule has 1 fully saturated rings. The number of aromatic nitrogens is 1. The molecule has 0 saturated carbocycles. The number of nitrogens with zero attached hydrogens (tertiary/aromatic N) is 2. The molecule has 5 heteroatoms. The molecular formula is C24H26N2O3. The summed E-state index contributed by atoms with van der Waals surface area (Å²) in [6.45, 7) is 4.95. The molecule has 1 aliphatic rings. The average molecular weight is 390 g/mol. The topological polar surface area (TPSA) is 55.6 Å². The lowest BCUT2D eigenvalue weighted by molar-refractivity contribution is 0.0736. The number of benzene rings is 2. The second-order valence-electron chi connectivity index (χ2n) is 7.60. The fourth-order valence-electron chi connectivity index (χ4n) is 3.95. The highest BCUT2D eigenvalue weighted by Crippen LogP contribution is 2.25. The highest BCUT2D eigenvalue weighted by atomic mass is 16.5. The predicted molar refractivity (Wildman–Crippen MR) is 111 cm³/mol. The number of rotatable bonds is 6. The van der Waals surface area contributed by atoms with Crippen molar-refractivity contribution in [2.24, 2.45) is 0 Å². The van der Waals surface area contributed by atoms with Crippen molar-refractivity contribution in [3.05, 3.63) is 82.7 Å². The lowest BCUT2D eigenvalue weighted by Crippen LogP contribution is -2.36. The molecule has 1 amide bonds. The zero-order chi connectivity index (χ0) is 20.2. The first kappa shape index (κ1) is 19.2. The highest BCUT2D eigenvalue weighted by molar-refractivity contribution is 5.95. The molecule has 0 N–H and O–H groups in total. The second-order valence-corrected chi connectivity index (χ2v) is 7.60. The number of amides is 1. The van der Waals surface area contributed by atoms with Gasteiger partial charge in [-0.25, -0.2) is 0 Å². The zero-order valence-electron chi connectivity index (χ0n) is 16.9. The lowest BCUT2D eigenvalue weighted by Gasteiger charge is -2.25. The van der Waals surface area contributed by atoms with Crippen LogP contribution in [0.25, 0.3) is 0 Å². The Morgan fingerprint density at radius 1 is 1.17 bits per heavy atom. The van der Waals surface area contributed by atoms with E-state index in [-0.39, 0.29) is 11.9 Å². The number of hydrogen-bond donors (Lipinski definition) is 0. The van der Waals surface area contributed by atoms with Gasteiger partial charge in [-0.2, -0.15) is 0 Å². The molecule has 29 heavy (non-hydrogen) atoms. The van der Waals surface area contributed by atoms with Crippen LogP contribution < -0.4 is 4.74 Å². The van der Waals surface area contributed by atoms with Crippen LogP contribution in [0, 0.1) is 13.8 Å². The highest BCUT2D eigenvalue weighted by Gasteiger charge is 2.29. The fourth-order valence-corrected chi connectivity index (χ4v) is 3.95. The molecule has 5 nitrogen and oxygen atoms in total. The second kappa shape index (κ2) is 8.52. The fraction of sp³-hybridized carbons (Fsp3) is 0.333. The molecular weight excluding hydrogens is 364 g/mol. The Bertz CT molecular complexity index is 961. The molecule has 0 radical (unpaired) electrons. The first-order valence-electron chi connectivity index (χ1n) is 10.1. The van der Waals surface area contributed by atoms with E-state index in [1.54, 1.807) is 0 Å². The summed E-state index contributed by atoms with van der Waals surface area (Å²) >= 11 is 0. The molecule has 2 aromatic carbocycles. The van der Waals surface area contributed by atoms with Crippen molar-refractivity contribution in [3.8, 4) is 5.75 Å². The Kier molecular flexibility index (Phi) is 5.65. The summed E-state index contributed by atoms with van der Waals surface area (Å²) in [5.74, 6) is 1.51. The number of hydrogen-bond acceptors (Lipinski definition) is 4. The predicted octanol–water partition coefficient (Wildman–Crippen LogP) is 4.72. The largest absolute Gasteiger partial charge is 0.489 e. The van der Waals surface area contributed by atoms with Crippen LogP contribution in [0.15, 0.2) is 59.1 Å². The van der Waals surface area contributed by atoms with Gasteiger partial charge in [0.1, 0.15) is 18.1 Å². The summed E-state index contributed by atoms with van der Waals surface area (Å²) in [4.78, 5) is 15.2.